The molecule has 1 heterocycles. The molecule has 3 rings (SSSR count). The fourth-order valence-corrected chi connectivity index (χ4v) is 3.64. The summed E-state index contributed by atoms with van der Waals surface area (Å²) in [4.78, 5) is 15.1. The average Bonchev–Trinajstić information content (AvgIpc) is 2.68. The largest absolute Gasteiger partial charge is 0.488 e. The third-order valence-electron chi connectivity index (χ3n) is 5.07. The third-order valence-corrected chi connectivity index (χ3v) is 5.73. The molecule has 150 valence electrons. The van der Waals surface area contributed by atoms with Crippen molar-refractivity contribution in [1.82, 2.24) is 0 Å². The van der Waals surface area contributed by atoms with Crippen LogP contribution >= 0.6 is 23.2 Å². The van der Waals surface area contributed by atoms with E-state index >= 15 is 0 Å². The first-order valence-corrected chi connectivity index (χ1v) is 10.4. The minimum Gasteiger partial charge on any atom is -0.488 e. The number of aryl methyl sites for hydroxylation is 1. The van der Waals surface area contributed by atoms with E-state index in [1.807, 2.05) is 43.3 Å². The summed E-state index contributed by atoms with van der Waals surface area (Å²) in [6.07, 6.45) is 0. The highest BCUT2D eigenvalue weighted by Gasteiger charge is 2.24. The van der Waals surface area contributed by atoms with Crippen molar-refractivity contribution in [3.63, 3.8) is 0 Å². The lowest BCUT2D eigenvalue weighted by atomic mass is 10.2. The highest BCUT2D eigenvalue weighted by Crippen LogP contribution is 2.19. The maximum absolute atomic E-state index is 12.3. The monoisotopic (exact) mass is 423 g/mol. The number of hydrogen-bond donors (Lipinski definition) is 3. The number of halogens is 2. The standard InChI is InChI=1S/C21H25Cl2N3O2/c1-16-2-5-18(14-20(16)23)24-21(27)15-26-10-8-25(9-11-26)12-13-28-19-6-3-17(22)4-7-19/h2-7,14H,8-13,15H2,1H3,(H,24,27)/p+2. The number of amides is 1. The topological polar surface area (TPSA) is 47.2 Å². The normalized spacial score (nSPS) is 19.2. The number of benzene rings is 2. The van der Waals surface area contributed by atoms with Gasteiger partial charge in [-0.3, -0.25) is 4.79 Å². The Morgan fingerprint density at radius 1 is 1.04 bits per heavy atom. The number of carbonyl (C=O) groups is 1. The van der Waals surface area contributed by atoms with Gasteiger partial charge in [0.05, 0.1) is 0 Å². The van der Waals surface area contributed by atoms with Gasteiger partial charge in [0.2, 0.25) is 0 Å². The molecule has 0 aromatic heterocycles. The van der Waals surface area contributed by atoms with Crippen LogP contribution in [0.2, 0.25) is 10.0 Å². The molecule has 0 radical (unpaired) electrons. The van der Waals surface area contributed by atoms with Crippen molar-refractivity contribution in [1.29, 1.82) is 0 Å². The molecule has 0 unspecified atom stereocenters. The maximum Gasteiger partial charge on any atom is 0.279 e. The molecule has 0 spiro atoms. The molecule has 7 heteroatoms. The Hall–Kier alpha value is -1.79. The van der Waals surface area contributed by atoms with Gasteiger partial charge in [0, 0.05) is 15.7 Å². The van der Waals surface area contributed by atoms with Crippen molar-refractivity contribution in [2.45, 2.75) is 6.92 Å². The Bertz CT molecular complexity index is 791. The molecular formula is C21H27Cl2N3O2+2. The predicted octanol–water partition coefficient (Wildman–Crippen LogP) is 1.10. The first-order valence-electron chi connectivity index (χ1n) is 9.61. The van der Waals surface area contributed by atoms with Crippen molar-refractivity contribution in [3.05, 3.63) is 58.1 Å². The molecule has 1 amide bonds. The van der Waals surface area contributed by atoms with Crippen LogP contribution in [0.3, 0.4) is 0 Å². The number of anilines is 1. The zero-order valence-corrected chi connectivity index (χ0v) is 17.6. The summed E-state index contributed by atoms with van der Waals surface area (Å²) in [5.74, 6) is 0.880. The fourth-order valence-electron chi connectivity index (χ4n) is 3.33. The minimum atomic E-state index is 0.0319. The van der Waals surface area contributed by atoms with Gasteiger partial charge in [-0.1, -0.05) is 29.3 Å². The van der Waals surface area contributed by atoms with E-state index in [4.69, 9.17) is 27.9 Å². The molecule has 0 bridgehead atoms. The van der Waals surface area contributed by atoms with Crippen LogP contribution in [0.15, 0.2) is 42.5 Å². The van der Waals surface area contributed by atoms with Gasteiger partial charge in [0.15, 0.2) is 6.54 Å². The lowest BCUT2D eigenvalue weighted by Gasteiger charge is -2.29. The molecule has 2 aromatic carbocycles. The molecule has 3 N–H and O–H groups in total. The number of rotatable bonds is 7. The Labute approximate surface area is 176 Å². The Morgan fingerprint density at radius 2 is 1.71 bits per heavy atom. The molecule has 0 aliphatic carbocycles. The third kappa shape index (κ3) is 6.38. The summed E-state index contributed by atoms with van der Waals surface area (Å²) in [6.45, 7) is 8.13. The van der Waals surface area contributed by atoms with E-state index in [0.717, 1.165) is 49.7 Å². The van der Waals surface area contributed by atoms with Gasteiger partial charge in [0.25, 0.3) is 5.91 Å². The summed E-state index contributed by atoms with van der Waals surface area (Å²) < 4.78 is 5.78. The minimum absolute atomic E-state index is 0.0319. The van der Waals surface area contributed by atoms with Crippen molar-refractivity contribution in [2.24, 2.45) is 0 Å². The van der Waals surface area contributed by atoms with Gasteiger partial charge in [0.1, 0.15) is 45.1 Å². The predicted molar refractivity (Wildman–Crippen MR) is 113 cm³/mol. The molecule has 0 saturated carbocycles. The molecular weight excluding hydrogens is 397 g/mol. The van der Waals surface area contributed by atoms with Crippen LogP contribution in [0.5, 0.6) is 5.75 Å². The zero-order valence-electron chi connectivity index (χ0n) is 16.1. The van der Waals surface area contributed by atoms with Crippen LogP contribution in [0.4, 0.5) is 5.69 Å². The van der Waals surface area contributed by atoms with E-state index in [2.05, 4.69) is 5.32 Å². The molecule has 2 aromatic rings. The summed E-state index contributed by atoms with van der Waals surface area (Å²) in [5, 5.41) is 4.33. The van der Waals surface area contributed by atoms with Crippen LogP contribution in [0.1, 0.15) is 5.56 Å². The molecule has 0 atom stereocenters. The summed E-state index contributed by atoms with van der Waals surface area (Å²) in [6, 6.07) is 13.0. The Morgan fingerprint density at radius 3 is 2.39 bits per heavy atom. The Balaban J connectivity index is 1.34. The molecule has 1 saturated heterocycles. The number of nitrogens with one attached hydrogen (secondary N) is 3. The molecule has 1 fully saturated rings. The van der Waals surface area contributed by atoms with Gasteiger partial charge >= 0.3 is 0 Å². The quantitative estimate of drug-likeness (QED) is 0.624. The summed E-state index contributed by atoms with van der Waals surface area (Å²) in [7, 11) is 0. The number of quaternary nitrogens is 2. The van der Waals surface area contributed by atoms with Crippen LogP contribution in [0, 0.1) is 6.92 Å². The lowest BCUT2D eigenvalue weighted by molar-refractivity contribution is -1.01. The van der Waals surface area contributed by atoms with E-state index in [1.165, 1.54) is 9.80 Å². The van der Waals surface area contributed by atoms with E-state index in [-0.39, 0.29) is 5.91 Å². The van der Waals surface area contributed by atoms with E-state index < -0.39 is 0 Å². The van der Waals surface area contributed by atoms with Crippen molar-refractivity contribution >= 4 is 34.8 Å². The van der Waals surface area contributed by atoms with Crippen LogP contribution in [-0.4, -0.2) is 51.8 Å². The fraction of sp³-hybridized carbons (Fsp3) is 0.381. The first kappa shape index (κ1) is 20.9. The van der Waals surface area contributed by atoms with Gasteiger partial charge < -0.3 is 19.9 Å². The smallest absolute Gasteiger partial charge is 0.279 e. The SMILES string of the molecule is Cc1ccc(NC(=O)C[NH+]2CC[NH+](CCOc3ccc(Cl)cc3)CC2)cc1Cl. The number of piperazine rings is 1. The second-order valence-electron chi connectivity index (χ2n) is 7.24. The summed E-state index contributed by atoms with van der Waals surface area (Å²) in [5.41, 5.74) is 1.76. The number of carbonyl (C=O) groups excluding carboxylic acids is 1. The van der Waals surface area contributed by atoms with Gasteiger partial charge in [-0.2, -0.15) is 0 Å². The zero-order chi connectivity index (χ0) is 19.9. The lowest BCUT2D eigenvalue weighted by Crippen LogP contribution is -3.28. The van der Waals surface area contributed by atoms with Crippen LogP contribution < -0.4 is 19.9 Å². The molecule has 28 heavy (non-hydrogen) atoms. The van der Waals surface area contributed by atoms with E-state index in [9.17, 15) is 4.79 Å². The van der Waals surface area contributed by atoms with Gasteiger partial charge in [-0.05, 0) is 48.9 Å². The van der Waals surface area contributed by atoms with Crippen molar-refractivity contribution in [2.75, 3.05) is 51.2 Å². The van der Waals surface area contributed by atoms with Crippen molar-refractivity contribution < 1.29 is 19.3 Å². The second kappa shape index (κ2) is 10.1. The van der Waals surface area contributed by atoms with E-state index in [0.29, 0.717) is 23.2 Å². The second-order valence-corrected chi connectivity index (χ2v) is 8.08. The molecule has 1 aliphatic heterocycles. The number of ether oxygens (including phenoxy) is 1. The van der Waals surface area contributed by atoms with Crippen LogP contribution in [0.25, 0.3) is 0 Å². The van der Waals surface area contributed by atoms with Crippen LogP contribution in [-0.2, 0) is 4.79 Å². The first-order chi connectivity index (χ1) is 13.5. The maximum atomic E-state index is 12.3. The number of hydrogen-bond acceptors (Lipinski definition) is 2. The highest BCUT2D eigenvalue weighted by atomic mass is 35.5. The highest BCUT2D eigenvalue weighted by molar-refractivity contribution is 6.31. The average molecular weight is 424 g/mol. The summed E-state index contributed by atoms with van der Waals surface area (Å²) >= 11 is 12.0. The molecule has 1 aliphatic rings. The Kier molecular flexibility index (Phi) is 7.57. The van der Waals surface area contributed by atoms with Crippen molar-refractivity contribution in [3.8, 4) is 5.75 Å². The van der Waals surface area contributed by atoms with Gasteiger partial charge in [-0.15, -0.1) is 0 Å². The molecule has 5 nitrogen and oxygen atoms in total. The van der Waals surface area contributed by atoms with E-state index in [1.54, 1.807) is 6.07 Å². The van der Waals surface area contributed by atoms with Gasteiger partial charge in [-0.25, -0.2) is 0 Å².